The second-order valence-electron chi connectivity index (χ2n) is 4.73. The van der Waals surface area contributed by atoms with Crippen molar-refractivity contribution in [3.8, 4) is 5.75 Å². The Kier molecular flexibility index (Phi) is 4.55. The Morgan fingerprint density at radius 1 is 1.33 bits per heavy atom. The Morgan fingerprint density at radius 3 is 2.67 bits per heavy atom. The normalized spacial score (nSPS) is 18.6. The van der Waals surface area contributed by atoms with Gasteiger partial charge < -0.3 is 10.5 Å². The van der Waals surface area contributed by atoms with Gasteiger partial charge in [0.2, 0.25) is 0 Å². The molecule has 100 valence electrons. The maximum absolute atomic E-state index is 13.4. The van der Waals surface area contributed by atoms with Crippen LogP contribution in [-0.4, -0.2) is 31.6 Å². The van der Waals surface area contributed by atoms with Crippen molar-refractivity contribution in [2.24, 2.45) is 5.73 Å². The van der Waals surface area contributed by atoms with Crippen LogP contribution in [0.2, 0.25) is 0 Å². The van der Waals surface area contributed by atoms with E-state index in [-0.39, 0.29) is 11.9 Å². The number of hydrogen-bond acceptors (Lipinski definition) is 3. The van der Waals surface area contributed by atoms with Crippen LogP contribution in [-0.2, 0) is 0 Å². The van der Waals surface area contributed by atoms with Gasteiger partial charge in [-0.25, -0.2) is 4.39 Å². The fraction of sp³-hybridized carbons (Fsp3) is 0.571. The molecule has 0 saturated carbocycles. The van der Waals surface area contributed by atoms with Gasteiger partial charge in [0.1, 0.15) is 11.6 Å². The lowest BCUT2D eigenvalue weighted by molar-refractivity contribution is 0.164. The minimum Gasteiger partial charge on any atom is -0.496 e. The van der Waals surface area contributed by atoms with Gasteiger partial charge in [0.05, 0.1) is 13.2 Å². The summed E-state index contributed by atoms with van der Waals surface area (Å²) in [7, 11) is 1.61. The largest absolute Gasteiger partial charge is 0.496 e. The summed E-state index contributed by atoms with van der Waals surface area (Å²) < 4.78 is 18.8. The van der Waals surface area contributed by atoms with E-state index < -0.39 is 0 Å². The molecule has 0 amide bonds. The van der Waals surface area contributed by atoms with Crippen molar-refractivity contribution >= 4 is 0 Å². The van der Waals surface area contributed by atoms with Crippen molar-refractivity contribution in [2.45, 2.75) is 25.3 Å². The molecule has 2 N–H and O–H groups in total. The number of halogens is 1. The van der Waals surface area contributed by atoms with Crippen LogP contribution in [0.25, 0.3) is 0 Å². The lowest BCUT2D eigenvalue weighted by Crippen LogP contribution is -2.37. The first-order valence-electron chi connectivity index (χ1n) is 6.54. The molecule has 1 atom stereocenters. The number of nitrogens with zero attached hydrogens (tertiary/aromatic N) is 1. The van der Waals surface area contributed by atoms with Gasteiger partial charge in [-0.2, -0.15) is 0 Å². The van der Waals surface area contributed by atoms with Crippen LogP contribution in [0.5, 0.6) is 5.75 Å². The summed E-state index contributed by atoms with van der Waals surface area (Å²) >= 11 is 0. The van der Waals surface area contributed by atoms with Crippen molar-refractivity contribution in [3.63, 3.8) is 0 Å². The highest BCUT2D eigenvalue weighted by molar-refractivity contribution is 5.36. The molecule has 1 aliphatic rings. The zero-order chi connectivity index (χ0) is 13.0. The van der Waals surface area contributed by atoms with E-state index in [1.807, 2.05) is 0 Å². The zero-order valence-corrected chi connectivity index (χ0v) is 10.9. The van der Waals surface area contributed by atoms with Gasteiger partial charge in [0.25, 0.3) is 0 Å². The second kappa shape index (κ2) is 6.16. The molecule has 2 rings (SSSR count). The number of likely N-dealkylation sites (tertiary alicyclic amines) is 1. The Labute approximate surface area is 108 Å². The number of hydrogen-bond donors (Lipinski definition) is 1. The van der Waals surface area contributed by atoms with Crippen LogP contribution in [0.4, 0.5) is 4.39 Å². The van der Waals surface area contributed by atoms with Crippen LogP contribution >= 0.6 is 0 Å². The molecule has 1 fully saturated rings. The van der Waals surface area contributed by atoms with Gasteiger partial charge in [0.15, 0.2) is 0 Å². The lowest BCUT2D eigenvalue weighted by atomic mass is 10.0. The van der Waals surface area contributed by atoms with Gasteiger partial charge >= 0.3 is 0 Å². The average Bonchev–Trinajstić information content (AvgIpc) is 2.41. The van der Waals surface area contributed by atoms with Crippen molar-refractivity contribution in [1.29, 1.82) is 0 Å². The summed E-state index contributed by atoms with van der Waals surface area (Å²) in [5.41, 5.74) is 6.75. The van der Waals surface area contributed by atoms with Crippen molar-refractivity contribution in [1.82, 2.24) is 4.90 Å². The molecule has 1 heterocycles. The van der Waals surface area contributed by atoms with E-state index in [0.717, 1.165) is 24.4 Å². The molecule has 1 aliphatic heterocycles. The number of piperidine rings is 1. The van der Waals surface area contributed by atoms with Crippen LogP contribution in [0.15, 0.2) is 18.2 Å². The molecule has 0 bridgehead atoms. The predicted octanol–water partition coefficient (Wildman–Crippen LogP) is 2.32. The summed E-state index contributed by atoms with van der Waals surface area (Å²) in [5, 5.41) is 0. The molecule has 1 aromatic carbocycles. The smallest absolute Gasteiger partial charge is 0.123 e. The van der Waals surface area contributed by atoms with E-state index in [4.69, 9.17) is 10.5 Å². The van der Waals surface area contributed by atoms with Crippen molar-refractivity contribution in [2.75, 3.05) is 26.7 Å². The monoisotopic (exact) mass is 252 g/mol. The number of benzene rings is 1. The molecule has 0 spiro atoms. The molecule has 0 aromatic heterocycles. The van der Waals surface area contributed by atoms with Gasteiger partial charge in [-0.1, -0.05) is 6.42 Å². The van der Waals surface area contributed by atoms with Gasteiger partial charge in [-0.15, -0.1) is 0 Å². The maximum atomic E-state index is 13.4. The molecule has 3 nitrogen and oxygen atoms in total. The van der Waals surface area contributed by atoms with Crippen LogP contribution in [0.3, 0.4) is 0 Å². The third-order valence-corrected chi connectivity index (χ3v) is 3.61. The average molecular weight is 252 g/mol. The molecule has 0 aliphatic carbocycles. The van der Waals surface area contributed by atoms with E-state index in [1.165, 1.54) is 25.3 Å². The first kappa shape index (κ1) is 13.3. The molecule has 1 unspecified atom stereocenters. The summed E-state index contributed by atoms with van der Waals surface area (Å²) in [6, 6.07) is 4.70. The highest BCUT2D eigenvalue weighted by atomic mass is 19.1. The Balaban J connectivity index is 2.27. The summed E-state index contributed by atoms with van der Waals surface area (Å²) in [6.07, 6.45) is 3.65. The number of nitrogens with two attached hydrogens (primary N) is 1. The lowest BCUT2D eigenvalue weighted by Gasteiger charge is -2.34. The first-order valence-corrected chi connectivity index (χ1v) is 6.54. The number of methoxy groups -OCH3 is 1. The fourth-order valence-electron chi connectivity index (χ4n) is 2.67. The van der Waals surface area contributed by atoms with Gasteiger partial charge in [-0.05, 0) is 44.1 Å². The number of rotatable bonds is 4. The minimum absolute atomic E-state index is 0.0518. The third-order valence-electron chi connectivity index (χ3n) is 3.61. The Hall–Kier alpha value is -1.13. The SMILES string of the molecule is COc1ccc(F)cc1C(CN)N1CCCCC1. The minimum atomic E-state index is -0.235. The van der Waals surface area contributed by atoms with Crippen LogP contribution < -0.4 is 10.5 Å². The molecule has 1 saturated heterocycles. The standard InChI is InChI=1S/C14H21FN2O/c1-18-14-6-5-11(15)9-12(14)13(10-16)17-7-3-2-4-8-17/h5-6,9,13H,2-4,7-8,10,16H2,1H3. The topological polar surface area (TPSA) is 38.5 Å². The molecular formula is C14H21FN2O. The maximum Gasteiger partial charge on any atom is 0.123 e. The fourth-order valence-corrected chi connectivity index (χ4v) is 2.67. The predicted molar refractivity (Wildman–Crippen MR) is 70.2 cm³/mol. The van der Waals surface area contributed by atoms with E-state index in [9.17, 15) is 4.39 Å². The molecular weight excluding hydrogens is 231 g/mol. The van der Waals surface area contributed by atoms with Crippen molar-refractivity contribution in [3.05, 3.63) is 29.6 Å². The quantitative estimate of drug-likeness (QED) is 0.893. The van der Waals surface area contributed by atoms with Crippen LogP contribution in [0.1, 0.15) is 30.9 Å². The Morgan fingerprint density at radius 2 is 2.06 bits per heavy atom. The molecule has 0 radical (unpaired) electrons. The highest BCUT2D eigenvalue weighted by Gasteiger charge is 2.24. The van der Waals surface area contributed by atoms with Gasteiger partial charge in [0, 0.05) is 12.1 Å². The first-order chi connectivity index (χ1) is 8.76. The van der Waals surface area contributed by atoms with Crippen LogP contribution in [0, 0.1) is 5.82 Å². The molecule has 18 heavy (non-hydrogen) atoms. The molecule has 1 aromatic rings. The van der Waals surface area contributed by atoms with E-state index in [1.54, 1.807) is 19.2 Å². The van der Waals surface area contributed by atoms with Gasteiger partial charge in [-0.3, -0.25) is 4.90 Å². The zero-order valence-electron chi connectivity index (χ0n) is 10.9. The van der Waals surface area contributed by atoms with E-state index >= 15 is 0 Å². The number of ether oxygens (including phenoxy) is 1. The summed E-state index contributed by atoms with van der Waals surface area (Å²) in [5.74, 6) is 0.485. The third kappa shape index (κ3) is 2.82. The Bertz CT molecular complexity index is 391. The second-order valence-corrected chi connectivity index (χ2v) is 4.73. The summed E-state index contributed by atoms with van der Waals surface area (Å²) in [4.78, 5) is 2.33. The molecule has 4 heteroatoms. The summed E-state index contributed by atoms with van der Waals surface area (Å²) in [6.45, 7) is 2.54. The van der Waals surface area contributed by atoms with E-state index in [2.05, 4.69) is 4.90 Å². The highest BCUT2D eigenvalue weighted by Crippen LogP contribution is 2.31. The van der Waals surface area contributed by atoms with Crippen molar-refractivity contribution < 1.29 is 9.13 Å². The van der Waals surface area contributed by atoms with E-state index in [0.29, 0.717) is 6.54 Å².